The van der Waals surface area contributed by atoms with Gasteiger partial charge in [0, 0.05) is 19.6 Å². The van der Waals surface area contributed by atoms with E-state index in [1.54, 1.807) is 6.92 Å². The van der Waals surface area contributed by atoms with E-state index in [1.165, 1.54) is 0 Å². The van der Waals surface area contributed by atoms with Crippen molar-refractivity contribution in [2.24, 2.45) is 0 Å². The molecule has 1 aliphatic heterocycles. The summed E-state index contributed by atoms with van der Waals surface area (Å²) in [5, 5.41) is 23.2. The van der Waals surface area contributed by atoms with Crippen molar-refractivity contribution in [1.29, 1.82) is 0 Å². The Morgan fingerprint density at radius 3 is 2.45 bits per heavy atom. The number of hydrogen-bond acceptors (Lipinski definition) is 5. The molecule has 1 aromatic rings. The van der Waals surface area contributed by atoms with Gasteiger partial charge in [-0.2, -0.15) is 0 Å². The van der Waals surface area contributed by atoms with Crippen LogP contribution in [0.4, 0.5) is 0 Å². The van der Waals surface area contributed by atoms with Crippen LogP contribution in [0.1, 0.15) is 18.6 Å². The lowest BCUT2D eigenvalue weighted by Gasteiger charge is -2.33. The van der Waals surface area contributed by atoms with Gasteiger partial charge in [-0.3, -0.25) is 10.2 Å². The van der Waals surface area contributed by atoms with Gasteiger partial charge < -0.3 is 14.9 Å². The van der Waals surface area contributed by atoms with E-state index in [9.17, 15) is 10.2 Å². The molecule has 20 heavy (non-hydrogen) atoms. The van der Waals surface area contributed by atoms with Crippen LogP contribution in [0.5, 0.6) is 0 Å². The molecule has 1 aliphatic rings. The van der Waals surface area contributed by atoms with Crippen LogP contribution in [0.15, 0.2) is 30.3 Å². The summed E-state index contributed by atoms with van der Waals surface area (Å²) < 4.78 is 5.33. The summed E-state index contributed by atoms with van der Waals surface area (Å²) in [6, 6.07) is 9.34. The molecule has 0 spiro atoms. The molecule has 1 fully saturated rings. The number of aliphatic hydroxyl groups excluding tert-OH is 2. The lowest BCUT2D eigenvalue weighted by atomic mass is 10.0. The number of ether oxygens (including phenoxy) is 1. The molecule has 112 valence electrons. The highest BCUT2D eigenvalue weighted by molar-refractivity contribution is 5.19. The van der Waals surface area contributed by atoms with Gasteiger partial charge in [0.05, 0.1) is 25.4 Å². The molecule has 0 aliphatic carbocycles. The largest absolute Gasteiger partial charge is 0.387 e. The summed E-state index contributed by atoms with van der Waals surface area (Å²) in [6.07, 6.45) is -1.30. The molecule has 3 N–H and O–H groups in total. The summed E-state index contributed by atoms with van der Waals surface area (Å²) in [7, 11) is 0. The van der Waals surface area contributed by atoms with Crippen LogP contribution in [-0.2, 0) is 4.74 Å². The van der Waals surface area contributed by atoms with E-state index in [4.69, 9.17) is 4.74 Å². The summed E-state index contributed by atoms with van der Waals surface area (Å²) >= 11 is 0. The maximum atomic E-state index is 10.5. The van der Waals surface area contributed by atoms with Gasteiger partial charge in [-0.25, -0.2) is 0 Å². The number of nitrogens with one attached hydrogen (secondary N) is 1. The minimum Gasteiger partial charge on any atom is -0.387 e. The van der Waals surface area contributed by atoms with Crippen LogP contribution in [0.3, 0.4) is 0 Å². The molecule has 0 bridgehead atoms. The first-order chi connectivity index (χ1) is 9.66. The fraction of sp³-hybridized carbons (Fsp3) is 0.600. The Morgan fingerprint density at radius 2 is 1.85 bits per heavy atom. The van der Waals surface area contributed by atoms with E-state index >= 15 is 0 Å². The molecule has 1 aromatic carbocycles. The first-order valence-electron chi connectivity index (χ1n) is 7.14. The fourth-order valence-corrected chi connectivity index (χ4v) is 2.50. The van der Waals surface area contributed by atoms with Crippen molar-refractivity contribution in [2.75, 3.05) is 32.8 Å². The monoisotopic (exact) mass is 280 g/mol. The molecule has 0 saturated carbocycles. The van der Waals surface area contributed by atoms with Crippen LogP contribution in [0, 0.1) is 0 Å². The average molecular weight is 280 g/mol. The highest BCUT2D eigenvalue weighted by atomic mass is 16.5. The number of nitrogens with zero attached hydrogens (tertiary/aromatic N) is 1. The number of morpholine rings is 1. The summed E-state index contributed by atoms with van der Waals surface area (Å²) in [4.78, 5) is 2.25. The smallest absolute Gasteiger partial charge is 0.102 e. The maximum Gasteiger partial charge on any atom is 0.102 e. The van der Waals surface area contributed by atoms with E-state index in [1.807, 2.05) is 30.3 Å². The SMILES string of the molecule is CC(O)N[C@@H](CN1CCOCC1)[C@@H](O)c1ccccc1. The van der Waals surface area contributed by atoms with E-state index in [-0.39, 0.29) is 6.04 Å². The van der Waals surface area contributed by atoms with E-state index in [2.05, 4.69) is 10.2 Å². The highest BCUT2D eigenvalue weighted by Gasteiger charge is 2.25. The molecule has 1 saturated heterocycles. The standard InChI is InChI=1S/C15H24N2O3/c1-12(18)16-14(11-17-7-9-20-10-8-17)15(19)13-5-3-2-4-6-13/h2-6,12,14-16,18-19H,7-11H2,1H3/t12?,14-,15-/m0/s1. The van der Waals surface area contributed by atoms with Crippen molar-refractivity contribution in [2.45, 2.75) is 25.3 Å². The Bertz CT molecular complexity index is 380. The zero-order valence-electron chi connectivity index (χ0n) is 11.9. The van der Waals surface area contributed by atoms with Gasteiger partial charge in [-0.1, -0.05) is 30.3 Å². The molecular weight excluding hydrogens is 256 g/mol. The van der Waals surface area contributed by atoms with Gasteiger partial charge >= 0.3 is 0 Å². The van der Waals surface area contributed by atoms with Crippen molar-refractivity contribution in [3.8, 4) is 0 Å². The molecule has 1 heterocycles. The van der Waals surface area contributed by atoms with Crippen LogP contribution >= 0.6 is 0 Å². The second-order valence-electron chi connectivity index (χ2n) is 5.22. The van der Waals surface area contributed by atoms with Gasteiger partial charge in [0.15, 0.2) is 0 Å². The molecular formula is C15H24N2O3. The van der Waals surface area contributed by atoms with Gasteiger partial charge in [0.2, 0.25) is 0 Å². The molecule has 0 amide bonds. The number of aliphatic hydroxyl groups is 2. The second kappa shape index (κ2) is 7.71. The third-order valence-electron chi connectivity index (χ3n) is 3.54. The van der Waals surface area contributed by atoms with Crippen LogP contribution in [0.25, 0.3) is 0 Å². The topological polar surface area (TPSA) is 65.0 Å². The van der Waals surface area contributed by atoms with Crippen molar-refractivity contribution in [3.05, 3.63) is 35.9 Å². The first-order valence-corrected chi connectivity index (χ1v) is 7.14. The van der Waals surface area contributed by atoms with Crippen molar-refractivity contribution in [3.63, 3.8) is 0 Å². The Kier molecular flexibility index (Phi) is 5.94. The van der Waals surface area contributed by atoms with Gasteiger partial charge in [-0.05, 0) is 12.5 Å². The lowest BCUT2D eigenvalue weighted by molar-refractivity contribution is 0.00951. The van der Waals surface area contributed by atoms with Gasteiger partial charge in [-0.15, -0.1) is 0 Å². The van der Waals surface area contributed by atoms with E-state index < -0.39 is 12.3 Å². The van der Waals surface area contributed by atoms with Crippen LogP contribution in [0.2, 0.25) is 0 Å². The summed E-state index contributed by atoms with van der Waals surface area (Å²) in [6.45, 7) is 5.53. The number of hydrogen-bond donors (Lipinski definition) is 3. The van der Waals surface area contributed by atoms with E-state index in [0.29, 0.717) is 6.54 Å². The Balaban J connectivity index is 2.02. The molecule has 1 unspecified atom stereocenters. The molecule has 0 aromatic heterocycles. The van der Waals surface area contributed by atoms with E-state index in [0.717, 1.165) is 31.9 Å². The minimum atomic E-state index is -0.653. The third kappa shape index (κ3) is 4.54. The fourth-order valence-electron chi connectivity index (χ4n) is 2.50. The minimum absolute atomic E-state index is 0.213. The van der Waals surface area contributed by atoms with Crippen molar-refractivity contribution < 1.29 is 14.9 Å². The lowest BCUT2D eigenvalue weighted by Crippen LogP contribution is -2.50. The third-order valence-corrected chi connectivity index (χ3v) is 3.54. The molecule has 2 rings (SSSR count). The van der Waals surface area contributed by atoms with Crippen LogP contribution < -0.4 is 5.32 Å². The van der Waals surface area contributed by atoms with Crippen LogP contribution in [-0.4, -0.2) is 60.2 Å². The predicted octanol–water partition coefficient (Wildman–Crippen LogP) is 0.349. The Hall–Kier alpha value is -0.980. The average Bonchev–Trinajstić information content (AvgIpc) is 2.47. The molecule has 5 nitrogen and oxygen atoms in total. The zero-order valence-corrected chi connectivity index (χ0v) is 11.9. The quantitative estimate of drug-likeness (QED) is 0.656. The normalized spacial score (nSPS) is 21.4. The summed E-state index contributed by atoms with van der Waals surface area (Å²) in [5.41, 5.74) is 0.860. The Labute approximate surface area is 120 Å². The number of benzene rings is 1. The predicted molar refractivity (Wildman–Crippen MR) is 77.3 cm³/mol. The molecule has 5 heteroatoms. The maximum absolute atomic E-state index is 10.5. The van der Waals surface area contributed by atoms with Gasteiger partial charge in [0.25, 0.3) is 0 Å². The molecule has 3 atom stereocenters. The van der Waals surface area contributed by atoms with Crippen molar-refractivity contribution in [1.82, 2.24) is 10.2 Å². The number of rotatable bonds is 6. The Morgan fingerprint density at radius 1 is 1.20 bits per heavy atom. The second-order valence-corrected chi connectivity index (χ2v) is 5.22. The highest BCUT2D eigenvalue weighted by Crippen LogP contribution is 2.18. The van der Waals surface area contributed by atoms with Gasteiger partial charge in [0.1, 0.15) is 6.23 Å². The van der Waals surface area contributed by atoms with Crippen molar-refractivity contribution >= 4 is 0 Å². The molecule has 0 radical (unpaired) electrons. The summed E-state index contributed by atoms with van der Waals surface area (Å²) in [5.74, 6) is 0. The zero-order chi connectivity index (χ0) is 14.4. The first kappa shape index (κ1) is 15.4.